The van der Waals surface area contributed by atoms with Crippen LogP contribution in [-0.2, 0) is 6.54 Å². The summed E-state index contributed by atoms with van der Waals surface area (Å²) in [6, 6.07) is 5.15. The maximum absolute atomic E-state index is 12.2. The molecule has 1 fully saturated rings. The van der Waals surface area contributed by atoms with Crippen LogP contribution in [0.5, 0.6) is 11.5 Å². The zero-order valence-electron chi connectivity index (χ0n) is 15.1. The van der Waals surface area contributed by atoms with Gasteiger partial charge in [0.2, 0.25) is 0 Å². The molecule has 1 aromatic carbocycles. The van der Waals surface area contributed by atoms with Crippen LogP contribution in [0.3, 0.4) is 0 Å². The van der Waals surface area contributed by atoms with Gasteiger partial charge in [0.1, 0.15) is 11.5 Å². The van der Waals surface area contributed by atoms with E-state index in [4.69, 9.17) is 9.47 Å². The predicted molar refractivity (Wildman–Crippen MR) is 95.3 cm³/mol. The summed E-state index contributed by atoms with van der Waals surface area (Å²) in [5, 5.41) is 17.5. The number of benzene rings is 1. The molecule has 9 nitrogen and oxygen atoms in total. The topological polar surface area (TPSA) is 103 Å². The van der Waals surface area contributed by atoms with Crippen LogP contribution < -0.4 is 20.1 Å². The highest BCUT2D eigenvalue weighted by atomic mass is 16.5. The average Bonchev–Trinajstić information content (AvgIpc) is 3.16. The Morgan fingerprint density at radius 1 is 1.23 bits per heavy atom. The summed E-state index contributed by atoms with van der Waals surface area (Å²) in [5.41, 5.74) is 0.553. The molecule has 140 valence electrons. The minimum absolute atomic E-state index is 0.258. The molecule has 1 aliphatic rings. The third-order valence-electron chi connectivity index (χ3n) is 4.55. The number of amides is 2. The van der Waals surface area contributed by atoms with E-state index in [1.807, 2.05) is 4.68 Å². The summed E-state index contributed by atoms with van der Waals surface area (Å²) in [5.74, 6) is 1.83. The van der Waals surface area contributed by atoms with Gasteiger partial charge in [-0.15, -0.1) is 5.10 Å². The SMILES string of the molecule is COc1ccc(NC(=O)NCc2nnnn2C2CCCCC2)c(OC)c1. The monoisotopic (exact) mass is 360 g/mol. The maximum atomic E-state index is 12.2. The molecule has 0 unspecified atom stereocenters. The fourth-order valence-electron chi connectivity index (χ4n) is 3.17. The summed E-state index contributed by atoms with van der Waals surface area (Å²) in [6.45, 7) is 0.258. The van der Waals surface area contributed by atoms with Crippen LogP contribution >= 0.6 is 0 Å². The highest BCUT2D eigenvalue weighted by Gasteiger charge is 2.20. The van der Waals surface area contributed by atoms with Gasteiger partial charge in [0.15, 0.2) is 5.82 Å². The Morgan fingerprint density at radius 2 is 2.04 bits per heavy atom. The van der Waals surface area contributed by atoms with Crippen molar-refractivity contribution in [3.63, 3.8) is 0 Å². The number of hydrogen-bond donors (Lipinski definition) is 2. The molecule has 0 radical (unpaired) electrons. The van der Waals surface area contributed by atoms with Crippen molar-refractivity contribution in [3.8, 4) is 11.5 Å². The van der Waals surface area contributed by atoms with Gasteiger partial charge in [0.25, 0.3) is 0 Å². The molecule has 1 aliphatic carbocycles. The molecule has 2 amide bonds. The lowest BCUT2D eigenvalue weighted by atomic mass is 9.96. The number of nitrogens with one attached hydrogen (secondary N) is 2. The van der Waals surface area contributed by atoms with Crippen LogP contribution in [0.1, 0.15) is 44.0 Å². The fraction of sp³-hybridized carbons (Fsp3) is 0.529. The zero-order chi connectivity index (χ0) is 18.4. The molecule has 0 spiro atoms. The van der Waals surface area contributed by atoms with Gasteiger partial charge in [0, 0.05) is 6.07 Å². The normalized spacial score (nSPS) is 14.7. The van der Waals surface area contributed by atoms with Crippen molar-refractivity contribution in [2.75, 3.05) is 19.5 Å². The highest BCUT2D eigenvalue weighted by Crippen LogP contribution is 2.29. The van der Waals surface area contributed by atoms with E-state index in [1.165, 1.54) is 26.4 Å². The first-order valence-electron chi connectivity index (χ1n) is 8.75. The first kappa shape index (κ1) is 18.0. The molecule has 0 saturated heterocycles. The van der Waals surface area contributed by atoms with E-state index < -0.39 is 0 Å². The third-order valence-corrected chi connectivity index (χ3v) is 4.55. The summed E-state index contributed by atoms with van der Waals surface area (Å²) < 4.78 is 12.3. The first-order chi connectivity index (χ1) is 12.7. The van der Waals surface area contributed by atoms with Gasteiger partial charge >= 0.3 is 6.03 Å². The van der Waals surface area contributed by atoms with Crippen LogP contribution in [0.25, 0.3) is 0 Å². The van der Waals surface area contributed by atoms with Gasteiger partial charge in [-0.25, -0.2) is 9.48 Å². The molecular formula is C17H24N6O3. The Balaban J connectivity index is 1.59. The smallest absolute Gasteiger partial charge is 0.319 e. The van der Waals surface area contributed by atoms with Crippen molar-refractivity contribution < 1.29 is 14.3 Å². The summed E-state index contributed by atoms with van der Waals surface area (Å²) in [7, 11) is 3.11. The zero-order valence-corrected chi connectivity index (χ0v) is 15.1. The average molecular weight is 360 g/mol. The second kappa shape index (κ2) is 8.50. The molecule has 2 N–H and O–H groups in total. The number of hydrogen-bond acceptors (Lipinski definition) is 6. The van der Waals surface area contributed by atoms with Crippen LogP contribution in [0.2, 0.25) is 0 Å². The Kier molecular flexibility index (Phi) is 5.88. The van der Waals surface area contributed by atoms with Gasteiger partial charge < -0.3 is 20.1 Å². The molecule has 26 heavy (non-hydrogen) atoms. The molecule has 2 aromatic rings. The van der Waals surface area contributed by atoms with E-state index in [0.717, 1.165) is 12.8 Å². The van der Waals surface area contributed by atoms with E-state index in [9.17, 15) is 4.79 Å². The fourth-order valence-corrected chi connectivity index (χ4v) is 3.17. The number of anilines is 1. The molecule has 0 aliphatic heterocycles. The lowest BCUT2D eigenvalue weighted by Crippen LogP contribution is -2.30. The Morgan fingerprint density at radius 3 is 2.77 bits per heavy atom. The molecule has 9 heteroatoms. The quantitative estimate of drug-likeness (QED) is 0.820. The molecule has 0 bridgehead atoms. The van der Waals surface area contributed by atoms with Gasteiger partial charge in [0.05, 0.1) is 32.5 Å². The molecule has 1 heterocycles. The number of rotatable bonds is 6. The van der Waals surface area contributed by atoms with Gasteiger partial charge in [-0.1, -0.05) is 19.3 Å². The largest absolute Gasteiger partial charge is 0.497 e. The number of carbonyl (C=O) groups is 1. The third kappa shape index (κ3) is 4.22. The lowest BCUT2D eigenvalue weighted by Gasteiger charge is -2.22. The van der Waals surface area contributed by atoms with Crippen molar-refractivity contribution in [2.24, 2.45) is 0 Å². The highest BCUT2D eigenvalue weighted by molar-refractivity contribution is 5.91. The number of ether oxygens (including phenoxy) is 2. The molecular weight excluding hydrogens is 336 g/mol. The van der Waals surface area contributed by atoms with Gasteiger partial charge in [-0.3, -0.25) is 0 Å². The van der Waals surface area contributed by atoms with Crippen molar-refractivity contribution >= 4 is 11.7 Å². The molecule has 1 aromatic heterocycles. The summed E-state index contributed by atoms with van der Waals surface area (Å²) in [4.78, 5) is 12.2. The maximum Gasteiger partial charge on any atom is 0.319 e. The van der Waals surface area contributed by atoms with Gasteiger partial charge in [-0.05, 0) is 35.4 Å². The lowest BCUT2D eigenvalue weighted by molar-refractivity contribution is 0.250. The Hall–Kier alpha value is -2.84. The molecule has 1 saturated carbocycles. The van der Waals surface area contributed by atoms with Crippen molar-refractivity contribution in [3.05, 3.63) is 24.0 Å². The van der Waals surface area contributed by atoms with Crippen molar-refractivity contribution in [1.82, 2.24) is 25.5 Å². The minimum atomic E-state index is -0.355. The number of nitrogens with zero attached hydrogens (tertiary/aromatic N) is 4. The molecule has 0 atom stereocenters. The van der Waals surface area contributed by atoms with Crippen molar-refractivity contribution in [1.29, 1.82) is 0 Å². The standard InChI is InChI=1S/C17H24N6O3/c1-25-13-8-9-14(15(10-13)26-2)19-17(24)18-11-16-20-21-22-23(16)12-6-4-3-5-7-12/h8-10,12H,3-7,11H2,1-2H3,(H2,18,19,24). The number of carbonyl (C=O) groups excluding carboxylic acids is 1. The van der Waals surface area contributed by atoms with E-state index in [2.05, 4.69) is 26.2 Å². The minimum Gasteiger partial charge on any atom is -0.497 e. The van der Waals surface area contributed by atoms with Crippen LogP contribution in [0.15, 0.2) is 18.2 Å². The Bertz CT molecular complexity index is 742. The number of aromatic nitrogens is 4. The summed E-state index contributed by atoms with van der Waals surface area (Å²) in [6.07, 6.45) is 5.79. The number of methoxy groups -OCH3 is 2. The second-order valence-electron chi connectivity index (χ2n) is 6.21. The van der Waals surface area contributed by atoms with E-state index in [1.54, 1.807) is 25.3 Å². The summed E-state index contributed by atoms with van der Waals surface area (Å²) >= 11 is 0. The number of tetrazole rings is 1. The van der Waals surface area contributed by atoms with E-state index in [-0.39, 0.29) is 12.6 Å². The Labute approximate surface area is 152 Å². The van der Waals surface area contributed by atoms with Crippen LogP contribution in [0, 0.1) is 0 Å². The second-order valence-corrected chi connectivity index (χ2v) is 6.21. The predicted octanol–water partition coefficient (Wildman–Crippen LogP) is 2.52. The van der Waals surface area contributed by atoms with E-state index in [0.29, 0.717) is 29.1 Å². The number of urea groups is 1. The van der Waals surface area contributed by atoms with Gasteiger partial charge in [-0.2, -0.15) is 0 Å². The van der Waals surface area contributed by atoms with Crippen molar-refractivity contribution in [2.45, 2.75) is 44.7 Å². The first-order valence-corrected chi connectivity index (χ1v) is 8.75. The van der Waals surface area contributed by atoms with Crippen LogP contribution in [-0.4, -0.2) is 40.5 Å². The molecule has 3 rings (SSSR count). The van der Waals surface area contributed by atoms with Crippen LogP contribution in [0.4, 0.5) is 10.5 Å². The van der Waals surface area contributed by atoms with E-state index >= 15 is 0 Å².